The van der Waals surface area contributed by atoms with Crippen LogP contribution in [0.5, 0.6) is 0 Å². The number of hydrogen-bond acceptors (Lipinski definition) is 5. The summed E-state index contributed by atoms with van der Waals surface area (Å²) in [6.07, 6.45) is 1.67. The number of nitrogens with zero attached hydrogens (tertiary/aromatic N) is 4. The van der Waals surface area contributed by atoms with Crippen molar-refractivity contribution in [3.05, 3.63) is 24.5 Å². The first-order chi connectivity index (χ1) is 7.29. The van der Waals surface area contributed by atoms with Gasteiger partial charge in [-0.05, 0) is 23.9 Å². The summed E-state index contributed by atoms with van der Waals surface area (Å²) in [7, 11) is 3.75. The fourth-order valence-electron chi connectivity index (χ4n) is 1.07. The summed E-state index contributed by atoms with van der Waals surface area (Å²) in [6, 6.07) is 5.82. The minimum Gasteiger partial charge on any atom is -0.373 e. The van der Waals surface area contributed by atoms with Crippen molar-refractivity contribution in [2.24, 2.45) is 7.05 Å². The number of anilines is 1. The Bertz CT molecular complexity index is 453. The molecule has 1 N–H and O–H groups in total. The molecule has 0 saturated carbocycles. The van der Waals surface area contributed by atoms with E-state index in [4.69, 9.17) is 0 Å². The fraction of sp³-hybridized carbons (Fsp3) is 0.222. The Morgan fingerprint density at radius 3 is 2.93 bits per heavy atom. The van der Waals surface area contributed by atoms with Crippen LogP contribution in [-0.4, -0.2) is 26.8 Å². The van der Waals surface area contributed by atoms with Crippen LogP contribution in [0.1, 0.15) is 0 Å². The second-order valence-corrected chi connectivity index (χ2v) is 3.93. The van der Waals surface area contributed by atoms with E-state index >= 15 is 0 Å². The molecular formula is C9H11N5S. The first-order valence-corrected chi connectivity index (χ1v) is 5.28. The third kappa shape index (κ3) is 2.27. The molecule has 78 valence electrons. The van der Waals surface area contributed by atoms with E-state index in [1.54, 1.807) is 6.33 Å². The summed E-state index contributed by atoms with van der Waals surface area (Å²) in [5, 5.41) is 12.5. The predicted octanol–water partition coefficient (Wildman–Crippen LogP) is 1.40. The largest absolute Gasteiger partial charge is 0.373 e. The topological polar surface area (TPSA) is 55.6 Å². The maximum absolute atomic E-state index is 4.38. The lowest BCUT2D eigenvalue weighted by molar-refractivity contribution is 0.787. The second-order valence-electron chi connectivity index (χ2n) is 2.94. The normalized spacial score (nSPS) is 10.3. The second kappa shape index (κ2) is 4.31. The van der Waals surface area contributed by atoms with E-state index < -0.39 is 0 Å². The molecule has 0 saturated heterocycles. The van der Waals surface area contributed by atoms with Crippen molar-refractivity contribution < 1.29 is 0 Å². The lowest BCUT2D eigenvalue weighted by Crippen LogP contribution is -1.93. The highest BCUT2D eigenvalue weighted by molar-refractivity contribution is 7.99. The van der Waals surface area contributed by atoms with Crippen molar-refractivity contribution in [2.75, 3.05) is 12.4 Å². The van der Waals surface area contributed by atoms with E-state index in [0.29, 0.717) is 0 Å². The molecule has 6 heteroatoms. The minimum absolute atomic E-state index is 0.829. The zero-order valence-electron chi connectivity index (χ0n) is 8.51. The third-order valence-electron chi connectivity index (χ3n) is 1.85. The molecule has 0 bridgehead atoms. The Balaban J connectivity index is 2.21. The van der Waals surface area contributed by atoms with Gasteiger partial charge >= 0.3 is 0 Å². The monoisotopic (exact) mass is 221 g/mol. The number of rotatable bonds is 3. The van der Waals surface area contributed by atoms with Crippen LogP contribution in [-0.2, 0) is 7.05 Å². The van der Waals surface area contributed by atoms with Gasteiger partial charge in [0.05, 0.1) is 0 Å². The number of hydrogen-bond donors (Lipinski definition) is 1. The summed E-state index contributed by atoms with van der Waals surface area (Å²) in [5.41, 5.74) is 0. The summed E-state index contributed by atoms with van der Waals surface area (Å²) < 4.78 is 1.86. The van der Waals surface area contributed by atoms with E-state index in [-0.39, 0.29) is 0 Å². The summed E-state index contributed by atoms with van der Waals surface area (Å²) >= 11 is 1.49. The standard InChI is InChI=1S/C9H11N5S/c1-10-7-4-3-5-8(12-7)15-9-13-11-6-14(9)2/h3-6H,1-2H3,(H,10,12). The van der Waals surface area contributed by atoms with Crippen molar-refractivity contribution in [1.29, 1.82) is 0 Å². The zero-order chi connectivity index (χ0) is 10.7. The Kier molecular flexibility index (Phi) is 2.86. The van der Waals surface area contributed by atoms with Gasteiger partial charge < -0.3 is 9.88 Å². The molecule has 5 nitrogen and oxygen atoms in total. The van der Waals surface area contributed by atoms with Gasteiger partial charge in [-0.3, -0.25) is 0 Å². The van der Waals surface area contributed by atoms with E-state index in [1.807, 2.05) is 36.9 Å². The average molecular weight is 221 g/mol. The van der Waals surface area contributed by atoms with Crippen LogP contribution in [0.2, 0.25) is 0 Å². The SMILES string of the molecule is CNc1cccc(Sc2nncn2C)n1. The van der Waals surface area contributed by atoms with Crippen molar-refractivity contribution in [3.8, 4) is 0 Å². The van der Waals surface area contributed by atoms with E-state index in [2.05, 4.69) is 20.5 Å². The molecule has 0 aliphatic heterocycles. The van der Waals surface area contributed by atoms with Crippen LogP contribution in [0.4, 0.5) is 5.82 Å². The van der Waals surface area contributed by atoms with Crippen LogP contribution >= 0.6 is 11.8 Å². The zero-order valence-corrected chi connectivity index (χ0v) is 9.32. The average Bonchev–Trinajstić information content (AvgIpc) is 2.65. The summed E-state index contributed by atoms with van der Waals surface area (Å²) in [5.74, 6) is 0.849. The van der Waals surface area contributed by atoms with Crippen LogP contribution in [0.3, 0.4) is 0 Å². The van der Waals surface area contributed by atoms with Crippen LogP contribution in [0, 0.1) is 0 Å². The van der Waals surface area contributed by atoms with Crippen LogP contribution < -0.4 is 5.32 Å². The highest BCUT2D eigenvalue weighted by atomic mass is 32.2. The van der Waals surface area contributed by atoms with Crippen LogP contribution in [0.25, 0.3) is 0 Å². The molecule has 0 fully saturated rings. The Morgan fingerprint density at radius 2 is 2.27 bits per heavy atom. The molecule has 0 aliphatic rings. The predicted molar refractivity (Wildman–Crippen MR) is 58.9 cm³/mol. The number of aryl methyl sites for hydroxylation is 1. The van der Waals surface area contributed by atoms with Crippen molar-refractivity contribution in [2.45, 2.75) is 10.2 Å². The van der Waals surface area contributed by atoms with Crippen molar-refractivity contribution in [3.63, 3.8) is 0 Å². The maximum Gasteiger partial charge on any atom is 0.197 e. The Labute approximate surface area is 91.9 Å². The van der Waals surface area contributed by atoms with E-state index in [0.717, 1.165) is 16.0 Å². The molecule has 2 aromatic heterocycles. The molecule has 0 amide bonds. The molecule has 0 atom stereocenters. The maximum atomic E-state index is 4.38. The lowest BCUT2D eigenvalue weighted by atomic mass is 10.5. The molecule has 0 spiro atoms. The van der Waals surface area contributed by atoms with Gasteiger partial charge in [0.1, 0.15) is 17.2 Å². The summed E-state index contributed by atoms with van der Waals surface area (Å²) in [6.45, 7) is 0. The Morgan fingerprint density at radius 1 is 1.40 bits per heavy atom. The van der Waals surface area contributed by atoms with E-state index in [1.165, 1.54) is 11.8 Å². The third-order valence-corrected chi connectivity index (χ3v) is 2.83. The van der Waals surface area contributed by atoms with Gasteiger partial charge in [-0.25, -0.2) is 4.98 Å². The highest BCUT2D eigenvalue weighted by Crippen LogP contribution is 2.23. The molecule has 0 radical (unpaired) electrons. The van der Waals surface area contributed by atoms with Crippen molar-refractivity contribution >= 4 is 17.6 Å². The van der Waals surface area contributed by atoms with Gasteiger partial charge in [0, 0.05) is 14.1 Å². The molecule has 0 unspecified atom stereocenters. The molecule has 0 aliphatic carbocycles. The number of pyridine rings is 1. The number of aromatic nitrogens is 4. The molecular weight excluding hydrogens is 210 g/mol. The van der Waals surface area contributed by atoms with Gasteiger partial charge in [0.2, 0.25) is 0 Å². The Hall–Kier alpha value is -1.56. The molecule has 15 heavy (non-hydrogen) atoms. The smallest absolute Gasteiger partial charge is 0.197 e. The quantitative estimate of drug-likeness (QED) is 0.849. The molecule has 2 heterocycles. The van der Waals surface area contributed by atoms with Gasteiger partial charge in [-0.15, -0.1) is 10.2 Å². The van der Waals surface area contributed by atoms with E-state index in [9.17, 15) is 0 Å². The van der Waals surface area contributed by atoms with Crippen LogP contribution in [0.15, 0.2) is 34.7 Å². The lowest BCUT2D eigenvalue weighted by Gasteiger charge is -2.02. The van der Waals surface area contributed by atoms with Gasteiger partial charge in [-0.2, -0.15) is 0 Å². The highest BCUT2D eigenvalue weighted by Gasteiger charge is 2.04. The molecule has 0 aromatic carbocycles. The first-order valence-electron chi connectivity index (χ1n) is 4.46. The molecule has 2 aromatic rings. The van der Waals surface area contributed by atoms with Crippen molar-refractivity contribution in [1.82, 2.24) is 19.7 Å². The fourth-order valence-corrected chi connectivity index (χ4v) is 1.83. The first kappa shape index (κ1) is 9.97. The summed E-state index contributed by atoms with van der Waals surface area (Å²) in [4.78, 5) is 4.38. The van der Waals surface area contributed by atoms with Gasteiger partial charge in [0.15, 0.2) is 5.16 Å². The molecule has 2 rings (SSSR count). The minimum atomic E-state index is 0.829. The van der Waals surface area contributed by atoms with Gasteiger partial charge in [0.25, 0.3) is 0 Å². The number of nitrogens with one attached hydrogen (secondary N) is 1. The van der Waals surface area contributed by atoms with Gasteiger partial charge in [-0.1, -0.05) is 6.07 Å².